The largest absolute Gasteiger partial charge is 0.310 e. The number of fused-ring (bicyclic) bond motifs is 16. The molecular weight excluding hydrogens is 736 g/mol. The normalized spacial score (nSPS) is 14.0. The van der Waals surface area contributed by atoms with E-state index in [0.717, 1.165) is 0 Å². The zero-order valence-corrected chi connectivity index (χ0v) is 37.5. The highest BCUT2D eigenvalue weighted by molar-refractivity contribution is 7.01. The molecule has 276 valence electrons. The summed E-state index contributed by atoms with van der Waals surface area (Å²) >= 11 is 0. The van der Waals surface area contributed by atoms with E-state index in [0.29, 0.717) is 0 Å². The first-order valence-electron chi connectivity index (χ1n) is 20.8. The van der Waals surface area contributed by atoms with E-state index in [-0.39, 0.29) is 6.71 Å². The predicted octanol–water partition coefficient (Wildman–Crippen LogP) is 10.1. The van der Waals surface area contributed by atoms with E-state index in [1.807, 2.05) is 0 Å². The van der Waals surface area contributed by atoms with Gasteiger partial charge in [0.05, 0.1) is 35.3 Å². The van der Waals surface area contributed by atoms with Crippen molar-refractivity contribution in [3.05, 3.63) is 121 Å². The summed E-state index contributed by atoms with van der Waals surface area (Å²) in [4.78, 5) is 0. The number of aromatic nitrogens is 2. The van der Waals surface area contributed by atoms with Crippen molar-refractivity contribution in [2.24, 2.45) is 0 Å². The summed E-state index contributed by atoms with van der Waals surface area (Å²) in [6.45, 7) is 22.7. The third-order valence-corrected chi connectivity index (χ3v) is 19.8. The Bertz CT molecular complexity index is 3480. The highest BCUT2D eigenvalue weighted by Gasteiger charge is 2.42. The van der Waals surface area contributed by atoms with Gasteiger partial charge < -0.3 is 9.13 Å². The molecule has 0 atom stereocenters. The Balaban J connectivity index is 1.30. The average Bonchev–Trinajstić information content (AvgIpc) is 3.69. The van der Waals surface area contributed by atoms with Gasteiger partial charge in [-0.1, -0.05) is 165 Å². The van der Waals surface area contributed by atoms with Gasteiger partial charge in [-0.15, -0.1) is 0 Å². The molecule has 0 bridgehead atoms. The van der Waals surface area contributed by atoms with Crippen molar-refractivity contribution >= 4 is 139 Å². The topological polar surface area (TPSA) is 9.86 Å². The minimum absolute atomic E-state index is 0.148. The minimum atomic E-state index is -1.74. The van der Waals surface area contributed by atoms with Crippen LogP contribution in [-0.2, 0) is 0 Å². The number of nitrogens with zero attached hydrogens (tertiary/aromatic N) is 2. The average molecular weight is 783 g/mol. The summed E-state index contributed by atoms with van der Waals surface area (Å²) in [7, 11) is -5.00. The predicted molar refractivity (Wildman–Crippen MR) is 261 cm³/mol. The third kappa shape index (κ3) is 4.41. The van der Waals surface area contributed by atoms with Crippen LogP contribution in [0.1, 0.15) is 0 Å². The molecular formula is C51H47BN2Si3. The van der Waals surface area contributed by atoms with Crippen LogP contribution in [-0.4, -0.2) is 40.1 Å². The molecule has 2 nitrogen and oxygen atoms in total. The molecule has 2 aliphatic heterocycles. The Kier molecular flexibility index (Phi) is 6.47. The van der Waals surface area contributed by atoms with Crippen molar-refractivity contribution in [1.82, 2.24) is 9.13 Å². The molecule has 10 aromatic rings. The molecule has 2 aliphatic rings. The fourth-order valence-electron chi connectivity index (χ4n) is 10.7. The molecule has 0 unspecified atom stereocenters. The van der Waals surface area contributed by atoms with Gasteiger partial charge in [0.25, 0.3) is 6.71 Å². The molecule has 57 heavy (non-hydrogen) atoms. The quantitative estimate of drug-likeness (QED) is 0.125. The van der Waals surface area contributed by atoms with E-state index in [2.05, 4.69) is 189 Å². The zero-order valence-electron chi connectivity index (χ0n) is 34.5. The van der Waals surface area contributed by atoms with Crippen molar-refractivity contribution in [3.63, 3.8) is 0 Å². The lowest BCUT2D eigenvalue weighted by Gasteiger charge is -2.35. The molecule has 2 aromatic heterocycles. The molecule has 6 heteroatoms. The van der Waals surface area contributed by atoms with Crippen LogP contribution in [0, 0.1) is 0 Å². The van der Waals surface area contributed by atoms with Crippen LogP contribution in [0.4, 0.5) is 0 Å². The second-order valence-corrected chi connectivity index (χ2v) is 35.5. The van der Waals surface area contributed by atoms with Crippen LogP contribution in [0.3, 0.4) is 0 Å². The maximum absolute atomic E-state index is 2.67. The molecule has 0 amide bonds. The number of hydrogen-bond donors (Lipinski definition) is 0. The lowest BCUT2D eigenvalue weighted by atomic mass is 9.34. The van der Waals surface area contributed by atoms with E-state index in [4.69, 9.17) is 0 Å². The summed E-state index contributed by atoms with van der Waals surface area (Å²) in [6.07, 6.45) is 0. The summed E-state index contributed by atoms with van der Waals surface area (Å²) in [6, 6.07) is 48.3. The molecule has 0 aliphatic carbocycles. The summed E-state index contributed by atoms with van der Waals surface area (Å²) < 4.78 is 5.33. The number of hydrogen-bond acceptors (Lipinski definition) is 0. The van der Waals surface area contributed by atoms with Crippen molar-refractivity contribution < 1.29 is 0 Å². The van der Waals surface area contributed by atoms with E-state index < -0.39 is 24.2 Å². The highest BCUT2D eigenvalue weighted by Crippen LogP contribution is 2.43. The van der Waals surface area contributed by atoms with Gasteiger partial charge in [-0.2, -0.15) is 0 Å². The van der Waals surface area contributed by atoms with E-state index in [1.54, 1.807) is 5.19 Å². The molecule has 4 heterocycles. The van der Waals surface area contributed by atoms with Crippen LogP contribution < -0.4 is 31.9 Å². The fourth-order valence-corrected chi connectivity index (χ4v) is 14.2. The fraction of sp³-hybridized carbons (Fsp3) is 0.176. The molecule has 0 fully saturated rings. The standard InChI is InChI=1S/C51H47BN2Si3/c1-55(2,3)30-21-22-45-39(23-30)41-24-31(56(4,5)6)26-43-50(41)53(45)46-19-14-20-47-49(46)52(43)44-27-32(57(7,8)9)25-42-40-28-37-35-17-12-10-15-33(35)34-16-11-13-18-36(34)38(37)29-48(40)54(47)51(42)44/h10-29H,1-9H3. The molecule has 8 aromatic carbocycles. The lowest BCUT2D eigenvalue weighted by molar-refractivity contribution is 1.14. The highest BCUT2D eigenvalue weighted by atomic mass is 28.3. The molecule has 0 saturated carbocycles. The minimum Gasteiger partial charge on any atom is -0.310 e. The Morgan fingerprint density at radius 1 is 0.351 bits per heavy atom. The first-order valence-corrected chi connectivity index (χ1v) is 31.3. The lowest BCUT2D eigenvalue weighted by Crippen LogP contribution is -2.61. The van der Waals surface area contributed by atoms with Gasteiger partial charge in [-0.25, -0.2) is 0 Å². The van der Waals surface area contributed by atoms with Crippen LogP contribution >= 0.6 is 0 Å². The smallest absolute Gasteiger partial charge is 0.252 e. The van der Waals surface area contributed by atoms with E-state index >= 15 is 0 Å². The monoisotopic (exact) mass is 782 g/mol. The second-order valence-electron chi connectivity index (χ2n) is 20.2. The third-order valence-electron chi connectivity index (χ3n) is 13.7. The van der Waals surface area contributed by atoms with Crippen molar-refractivity contribution in [2.75, 3.05) is 0 Å². The molecule has 0 spiro atoms. The second kappa shape index (κ2) is 10.9. The maximum atomic E-state index is 2.67. The number of benzene rings is 8. The zero-order chi connectivity index (χ0) is 39.1. The summed E-state index contributed by atoms with van der Waals surface area (Å²) in [5, 5.41) is 18.2. The van der Waals surface area contributed by atoms with E-state index in [9.17, 15) is 0 Å². The first-order chi connectivity index (χ1) is 27.2. The molecule has 12 rings (SSSR count). The van der Waals surface area contributed by atoms with E-state index in [1.165, 1.54) is 114 Å². The van der Waals surface area contributed by atoms with Gasteiger partial charge in [0.2, 0.25) is 0 Å². The Hall–Kier alpha value is -5.14. The first kappa shape index (κ1) is 33.9. The van der Waals surface area contributed by atoms with Gasteiger partial charge in [0, 0.05) is 44.0 Å². The van der Waals surface area contributed by atoms with Crippen LogP contribution in [0.15, 0.2) is 121 Å². The molecule has 0 radical (unpaired) electrons. The van der Waals surface area contributed by atoms with Gasteiger partial charge in [-0.05, 0) is 79.0 Å². The maximum Gasteiger partial charge on any atom is 0.252 e. The molecule has 0 saturated heterocycles. The van der Waals surface area contributed by atoms with Gasteiger partial charge >= 0.3 is 0 Å². The summed E-state index contributed by atoms with van der Waals surface area (Å²) in [5.74, 6) is 0. The number of rotatable bonds is 3. The van der Waals surface area contributed by atoms with Crippen molar-refractivity contribution in [3.8, 4) is 11.4 Å². The van der Waals surface area contributed by atoms with Crippen LogP contribution in [0.5, 0.6) is 0 Å². The van der Waals surface area contributed by atoms with Crippen LogP contribution in [0.25, 0.3) is 87.3 Å². The van der Waals surface area contributed by atoms with Crippen LogP contribution in [0.2, 0.25) is 58.9 Å². The van der Waals surface area contributed by atoms with Crippen molar-refractivity contribution in [1.29, 1.82) is 0 Å². The SMILES string of the molecule is C[Si](C)(C)c1ccc2c(c1)c1cc([Si](C)(C)C)cc3c1n2-c1cccc2c1B3c1cc([Si](C)(C)C)cc3c4cc5c6ccccc6c6ccccc6c5cc4n-2c13. The molecule has 0 N–H and O–H groups in total. The van der Waals surface area contributed by atoms with Gasteiger partial charge in [-0.3, -0.25) is 0 Å². The van der Waals surface area contributed by atoms with Gasteiger partial charge in [0.15, 0.2) is 0 Å². The Labute approximate surface area is 337 Å². The van der Waals surface area contributed by atoms with Gasteiger partial charge in [0.1, 0.15) is 0 Å². The summed E-state index contributed by atoms with van der Waals surface area (Å²) in [5.41, 5.74) is 12.5. The Morgan fingerprint density at radius 2 is 0.789 bits per heavy atom. The Morgan fingerprint density at radius 3 is 1.30 bits per heavy atom. The van der Waals surface area contributed by atoms with Crippen molar-refractivity contribution in [2.45, 2.75) is 58.9 Å².